The molecule has 1 spiro atoms. The number of aromatic hydroxyl groups is 1. The van der Waals surface area contributed by atoms with Crippen molar-refractivity contribution >= 4 is 17.5 Å². The number of allylic oxidation sites excluding steroid dienone is 5. The number of aliphatic hydroxyl groups is 1. The van der Waals surface area contributed by atoms with Gasteiger partial charge in [0, 0.05) is 36.3 Å². The SMILES string of the molecule is CC[C@H](C=C1OC(=O)C2=C(c3cc(O)ccc3-c3cccc(CNC4CCCCC4)c3)[C@@H]3CC[C@]12[C@H]1C2=C(CC[C@H]31)C(=CC[C@H](C)CO)OC2=O)Cc1ccccc1. The lowest BCUT2D eigenvalue weighted by atomic mass is 9.44. The van der Waals surface area contributed by atoms with Crippen LogP contribution >= 0.6 is 0 Å². The Morgan fingerprint density at radius 1 is 0.879 bits per heavy atom. The molecule has 3 aromatic carbocycles. The van der Waals surface area contributed by atoms with E-state index in [0.717, 1.165) is 60.1 Å². The van der Waals surface area contributed by atoms with Gasteiger partial charge in [0.1, 0.15) is 17.3 Å². The van der Waals surface area contributed by atoms with Gasteiger partial charge in [-0.25, -0.2) is 9.59 Å². The summed E-state index contributed by atoms with van der Waals surface area (Å²) >= 11 is 0. The van der Waals surface area contributed by atoms with Crippen molar-refractivity contribution in [2.45, 2.75) is 103 Å². The molecule has 3 aromatic rings. The van der Waals surface area contributed by atoms with Crippen LogP contribution in [-0.2, 0) is 32.0 Å². The first-order chi connectivity index (χ1) is 28.3. The van der Waals surface area contributed by atoms with E-state index in [9.17, 15) is 19.8 Å². The summed E-state index contributed by atoms with van der Waals surface area (Å²) < 4.78 is 12.7. The minimum atomic E-state index is -0.849. The molecule has 0 amide bonds. The molecular weight excluding hydrogens is 723 g/mol. The van der Waals surface area contributed by atoms with Gasteiger partial charge in [0.05, 0.1) is 11.0 Å². The second kappa shape index (κ2) is 16.1. The quantitative estimate of drug-likeness (QED) is 0.157. The van der Waals surface area contributed by atoms with Crippen LogP contribution < -0.4 is 5.32 Å². The van der Waals surface area contributed by atoms with E-state index in [1.165, 1.54) is 43.2 Å². The van der Waals surface area contributed by atoms with Crippen molar-refractivity contribution < 1.29 is 29.3 Å². The highest BCUT2D eigenvalue weighted by Gasteiger charge is 2.68. The number of hydrogen-bond acceptors (Lipinski definition) is 7. The predicted octanol–water partition coefficient (Wildman–Crippen LogP) is 10.1. The van der Waals surface area contributed by atoms with Crippen molar-refractivity contribution in [3.05, 3.63) is 130 Å². The van der Waals surface area contributed by atoms with Crippen molar-refractivity contribution in [3.63, 3.8) is 0 Å². The van der Waals surface area contributed by atoms with Crippen LogP contribution in [0.2, 0.25) is 0 Å². The molecule has 2 aliphatic heterocycles. The highest BCUT2D eigenvalue weighted by atomic mass is 16.5. The van der Waals surface area contributed by atoms with Crippen LogP contribution in [0, 0.1) is 35.0 Å². The number of phenols is 1. The Kier molecular flexibility index (Phi) is 10.8. The zero-order valence-corrected chi connectivity index (χ0v) is 34.0. The number of aliphatic hydroxyl groups excluding tert-OH is 1. The normalized spacial score (nSPS) is 27.7. The largest absolute Gasteiger partial charge is 0.508 e. The number of esters is 2. The van der Waals surface area contributed by atoms with Gasteiger partial charge in [-0.15, -0.1) is 0 Å². The van der Waals surface area contributed by atoms with Crippen molar-refractivity contribution in [1.29, 1.82) is 0 Å². The van der Waals surface area contributed by atoms with Crippen LogP contribution in [0.3, 0.4) is 0 Å². The fraction of sp³-hybridized carbons (Fsp3) is 0.451. The van der Waals surface area contributed by atoms with E-state index in [-0.39, 0.29) is 53.9 Å². The first kappa shape index (κ1) is 38.8. The molecule has 3 fully saturated rings. The molecule has 7 aliphatic rings. The molecule has 5 aliphatic carbocycles. The Bertz CT molecular complexity index is 2210. The Balaban J connectivity index is 1.19. The highest BCUT2D eigenvalue weighted by molar-refractivity contribution is 6.07. The van der Waals surface area contributed by atoms with E-state index in [0.29, 0.717) is 48.0 Å². The summed E-state index contributed by atoms with van der Waals surface area (Å²) in [6.07, 6.45) is 15.9. The number of ether oxygens (including phenoxy) is 2. The maximum Gasteiger partial charge on any atom is 0.340 e. The molecule has 2 bridgehead atoms. The van der Waals surface area contributed by atoms with Gasteiger partial charge >= 0.3 is 11.9 Å². The first-order valence-corrected chi connectivity index (χ1v) is 21.9. The van der Waals surface area contributed by atoms with E-state index in [1.54, 1.807) is 6.07 Å². The number of phenolic OH excluding ortho intramolecular Hbond substituents is 1. The van der Waals surface area contributed by atoms with Gasteiger partial charge in [0.2, 0.25) is 0 Å². The molecule has 302 valence electrons. The smallest absolute Gasteiger partial charge is 0.340 e. The van der Waals surface area contributed by atoms with Gasteiger partial charge in [-0.2, -0.15) is 0 Å². The molecule has 7 heteroatoms. The van der Waals surface area contributed by atoms with Crippen LogP contribution in [0.1, 0.15) is 101 Å². The molecule has 0 radical (unpaired) electrons. The van der Waals surface area contributed by atoms with Gasteiger partial charge in [-0.05, 0) is 145 Å². The summed E-state index contributed by atoms with van der Waals surface area (Å²) in [4.78, 5) is 29.0. The van der Waals surface area contributed by atoms with Crippen molar-refractivity contribution in [1.82, 2.24) is 5.32 Å². The van der Waals surface area contributed by atoms with Gasteiger partial charge in [-0.3, -0.25) is 0 Å². The third-order valence-electron chi connectivity index (χ3n) is 14.3. The number of cyclic esters (lactones) is 2. The molecule has 3 N–H and O–H groups in total. The van der Waals surface area contributed by atoms with Crippen molar-refractivity contribution in [3.8, 4) is 16.9 Å². The Morgan fingerprint density at radius 3 is 2.48 bits per heavy atom. The first-order valence-electron chi connectivity index (χ1n) is 21.9. The van der Waals surface area contributed by atoms with E-state index < -0.39 is 5.41 Å². The summed E-state index contributed by atoms with van der Waals surface area (Å²) in [5.74, 6) is 0.730. The zero-order chi connectivity index (χ0) is 40.0. The van der Waals surface area contributed by atoms with Crippen molar-refractivity contribution in [2.24, 2.45) is 35.0 Å². The Hall–Kier alpha value is -4.72. The number of rotatable bonds is 12. The average Bonchev–Trinajstić information content (AvgIpc) is 3.74. The van der Waals surface area contributed by atoms with E-state index >= 15 is 0 Å². The van der Waals surface area contributed by atoms with E-state index in [1.807, 2.05) is 31.2 Å². The van der Waals surface area contributed by atoms with Gasteiger partial charge in [0.15, 0.2) is 0 Å². The summed E-state index contributed by atoms with van der Waals surface area (Å²) in [6.45, 7) is 5.01. The van der Waals surface area contributed by atoms with Crippen LogP contribution in [0.25, 0.3) is 16.7 Å². The molecule has 0 unspecified atom stereocenters. The molecular formula is C51H57NO6. The van der Waals surface area contributed by atoms with E-state index in [2.05, 4.69) is 66.8 Å². The van der Waals surface area contributed by atoms with Crippen LogP contribution in [0.4, 0.5) is 0 Å². The minimum Gasteiger partial charge on any atom is -0.508 e. The fourth-order valence-corrected chi connectivity index (χ4v) is 11.5. The van der Waals surface area contributed by atoms with Crippen LogP contribution in [-0.4, -0.2) is 34.8 Å². The van der Waals surface area contributed by atoms with Crippen LogP contribution in [0.5, 0.6) is 5.75 Å². The van der Waals surface area contributed by atoms with Gasteiger partial charge < -0.3 is 25.0 Å². The molecule has 58 heavy (non-hydrogen) atoms. The lowest BCUT2D eigenvalue weighted by Crippen LogP contribution is -2.52. The summed E-state index contributed by atoms with van der Waals surface area (Å²) in [5.41, 5.74) is 7.77. The number of benzene rings is 3. The second-order valence-corrected chi connectivity index (χ2v) is 17.9. The number of nitrogens with one attached hydrogen (secondary N) is 1. The van der Waals surface area contributed by atoms with Crippen LogP contribution in [0.15, 0.2) is 113 Å². The summed E-state index contributed by atoms with van der Waals surface area (Å²) in [6, 6.07) is 25.3. The number of carbonyl (C=O) groups is 2. The zero-order valence-electron chi connectivity index (χ0n) is 34.0. The number of hydrogen-bond donors (Lipinski definition) is 3. The van der Waals surface area contributed by atoms with Gasteiger partial charge in [0.25, 0.3) is 0 Å². The monoisotopic (exact) mass is 779 g/mol. The fourth-order valence-electron chi connectivity index (χ4n) is 11.5. The highest BCUT2D eigenvalue weighted by Crippen LogP contribution is 2.72. The minimum absolute atomic E-state index is 0.0129. The molecule has 2 heterocycles. The Labute approximate surface area is 342 Å². The topological polar surface area (TPSA) is 105 Å². The average molecular weight is 780 g/mol. The molecule has 2 saturated carbocycles. The second-order valence-electron chi connectivity index (χ2n) is 17.9. The summed E-state index contributed by atoms with van der Waals surface area (Å²) in [7, 11) is 0. The van der Waals surface area contributed by atoms with Gasteiger partial charge in [-0.1, -0.05) is 87.7 Å². The lowest BCUT2D eigenvalue weighted by Gasteiger charge is -2.56. The summed E-state index contributed by atoms with van der Waals surface area (Å²) in [5, 5.41) is 24.7. The third-order valence-corrected chi connectivity index (χ3v) is 14.3. The number of carbonyl (C=O) groups excluding carboxylic acids is 2. The van der Waals surface area contributed by atoms with E-state index in [4.69, 9.17) is 9.47 Å². The maximum absolute atomic E-state index is 14.8. The third kappa shape index (κ3) is 6.88. The number of fused-ring (bicyclic) bond motifs is 1. The molecule has 0 aromatic heterocycles. The lowest BCUT2D eigenvalue weighted by molar-refractivity contribution is -0.135. The molecule has 1 saturated heterocycles. The predicted molar refractivity (Wildman–Crippen MR) is 226 cm³/mol. The maximum atomic E-state index is 14.8. The standard InChI is InChI=1S/C51H57NO6/c1-3-32(25-33-11-6-4-7-12-33)27-44-51-24-23-39(40-20-21-41-43(22-17-31(2)30-53)57-49(55)46(41)47(40)51)45(48(51)50(56)58-44)42-28-37(54)18-19-38(42)35-14-10-13-34(26-35)29-52-36-15-8-5-9-16-36/h4,6-7,10-14,18-19,22,26-28,31-32,36,39-40,47,52-54H,3,5,8-9,15-17,20-21,23-25,29-30H2,1-2H3/t31-,32-,39+,40+,47+,51+/m0/s1. The molecule has 10 rings (SSSR count). The molecule has 7 nitrogen and oxygen atoms in total. The van der Waals surface area contributed by atoms with Crippen molar-refractivity contribution in [2.75, 3.05) is 6.61 Å². The Morgan fingerprint density at radius 2 is 1.69 bits per heavy atom. The molecule has 6 atom stereocenters.